The summed E-state index contributed by atoms with van der Waals surface area (Å²) >= 11 is 7.22. The van der Waals surface area contributed by atoms with Gasteiger partial charge in [0.2, 0.25) is 0 Å². The van der Waals surface area contributed by atoms with Gasteiger partial charge in [-0.3, -0.25) is 4.98 Å². The molecule has 0 bridgehead atoms. The Kier molecular flexibility index (Phi) is 4.35. The van der Waals surface area contributed by atoms with Crippen molar-refractivity contribution in [3.8, 4) is 0 Å². The van der Waals surface area contributed by atoms with Gasteiger partial charge in [0.1, 0.15) is 0 Å². The Morgan fingerprint density at radius 1 is 1.24 bits per heavy atom. The number of hydrogen-bond donors (Lipinski definition) is 0. The van der Waals surface area contributed by atoms with Gasteiger partial charge in [-0.25, -0.2) is 0 Å². The van der Waals surface area contributed by atoms with Crippen molar-refractivity contribution < 1.29 is 0 Å². The van der Waals surface area contributed by atoms with Gasteiger partial charge in [-0.1, -0.05) is 50.1 Å². The van der Waals surface area contributed by atoms with Gasteiger partial charge in [-0.15, -0.1) is 0 Å². The van der Waals surface area contributed by atoms with Crippen LogP contribution >= 0.6 is 31.9 Å². The van der Waals surface area contributed by atoms with E-state index in [2.05, 4.69) is 68.0 Å². The second-order valence-electron chi connectivity index (χ2n) is 3.99. The summed E-state index contributed by atoms with van der Waals surface area (Å²) in [4.78, 5) is 4.72. The van der Waals surface area contributed by atoms with E-state index in [1.54, 1.807) is 0 Å². The van der Waals surface area contributed by atoms with Crippen LogP contribution in [0.5, 0.6) is 0 Å². The van der Waals surface area contributed by atoms with Crippen molar-refractivity contribution >= 4 is 31.9 Å². The Labute approximate surface area is 119 Å². The van der Waals surface area contributed by atoms with E-state index >= 15 is 0 Å². The number of nitrogens with zero attached hydrogens (tertiary/aromatic N) is 1. The molecule has 0 saturated heterocycles. The van der Waals surface area contributed by atoms with Crippen LogP contribution in [0.15, 0.2) is 47.1 Å². The van der Waals surface area contributed by atoms with Crippen LogP contribution < -0.4 is 0 Å². The van der Waals surface area contributed by atoms with E-state index in [4.69, 9.17) is 0 Å². The predicted molar refractivity (Wildman–Crippen MR) is 78.5 cm³/mol. The van der Waals surface area contributed by atoms with Crippen molar-refractivity contribution in [2.24, 2.45) is 0 Å². The van der Waals surface area contributed by atoms with Crippen molar-refractivity contribution in [2.75, 3.05) is 0 Å². The first kappa shape index (κ1) is 12.8. The smallest absolute Gasteiger partial charge is 0.0451 e. The number of hydrogen-bond acceptors (Lipinski definition) is 1. The summed E-state index contributed by atoms with van der Waals surface area (Å²) in [5, 5.41) is 0. The largest absolute Gasteiger partial charge is 0.261 e. The summed E-state index contributed by atoms with van der Waals surface area (Å²) in [6.45, 7) is 2.10. The lowest BCUT2D eigenvalue weighted by atomic mass is 10.1. The zero-order valence-corrected chi connectivity index (χ0v) is 12.7. The molecule has 0 aliphatic rings. The molecular weight excluding hydrogens is 342 g/mol. The zero-order valence-electron chi connectivity index (χ0n) is 9.53. The van der Waals surface area contributed by atoms with Crippen LogP contribution in [-0.4, -0.2) is 4.98 Å². The van der Waals surface area contributed by atoms with E-state index in [0.717, 1.165) is 16.6 Å². The average Bonchev–Trinajstić information content (AvgIpc) is 2.32. The third kappa shape index (κ3) is 3.39. The van der Waals surface area contributed by atoms with Crippen molar-refractivity contribution in [1.29, 1.82) is 0 Å². The topological polar surface area (TPSA) is 12.9 Å². The van der Waals surface area contributed by atoms with Crippen LogP contribution in [0.25, 0.3) is 0 Å². The Morgan fingerprint density at radius 3 is 2.76 bits per heavy atom. The highest BCUT2D eigenvalue weighted by Gasteiger charge is 2.10. The molecular formula is C14H13Br2N. The normalized spacial score (nSPS) is 12.4. The molecule has 0 amide bonds. The minimum absolute atomic E-state index is 0.300. The number of rotatable bonds is 3. The number of alkyl halides is 1. The van der Waals surface area contributed by atoms with Gasteiger partial charge in [0.25, 0.3) is 0 Å². The van der Waals surface area contributed by atoms with E-state index in [1.807, 2.05) is 18.3 Å². The van der Waals surface area contributed by atoms with Gasteiger partial charge >= 0.3 is 0 Å². The number of aryl methyl sites for hydroxylation is 1. The lowest BCUT2D eigenvalue weighted by Gasteiger charge is -2.11. The third-order valence-corrected chi connectivity index (χ3v) is 4.05. The molecule has 2 rings (SSSR count). The van der Waals surface area contributed by atoms with Crippen molar-refractivity contribution in [3.05, 3.63) is 63.9 Å². The molecule has 0 radical (unpaired) electrons. The standard InChI is InChI=1S/C14H13Br2N/c1-10-4-3-7-17-14(10)9-13(16)11-5-2-6-12(15)8-11/h2-8,13H,9H2,1H3. The van der Waals surface area contributed by atoms with Crippen molar-refractivity contribution in [2.45, 2.75) is 18.2 Å². The minimum atomic E-state index is 0.300. The van der Waals surface area contributed by atoms with Crippen LogP contribution in [0, 0.1) is 6.92 Å². The Balaban J connectivity index is 2.17. The van der Waals surface area contributed by atoms with Crippen LogP contribution in [0.4, 0.5) is 0 Å². The molecule has 0 fully saturated rings. The molecule has 0 spiro atoms. The molecule has 88 valence electrons. The van der Waals surface area contributed by atoms with Crippen molar-refractivity contribution in [3.63, 3.8) is 0 Å². The molecule has 1 nitrogen and oxygen atoms in total. The molecule has 1 aromatic heterocycles. The first-order valence-electron chi connectivity index (χ1n) is 5.47. The number of pyridine rings is 1. The van der Waals surface area contributed by atoms with Crippen molar-refractivity contribution in [1.82, 2.24) is 4.98 Å². The van der Waals surface area contributed by atoms with Gasteiger partial charge < -0.3 is 0 Å². The fourth-order valence-electron chi connectivity index (χ4n) is 1.72. The molecule has 1 heterocycles. The van der Waals surface area contributed by atoms with E-state index in [-0.39, 0.29) is 0 Å². The Hall–Kier alpha value is -0.670. The van der Waals surface area contributed by atoms with Gasteiger partial charge in [0.05, 0.1) is 0 Å². The first-order chi connectivity index (χ1) is 8.16. The molecule has 0 N–H and O–H groups in total. The van der Waals surface area contributed by atoms with Gasteiger partial charge in [0, 0.05) is 27.6 Å². The highest BCUT2D eigenvalue weighted by molar-refractivity contribution is 9.10. The summed E-state index contributed by atoms with van der Waals surface area (Å²) in [5.74, 6) is 0. The summed E-state index contributed by atoms with van der Waals surface area (Å²) in [5.41, 5.74) is 3.66. The van der Waals surface area contributed by atoms with Crippen LogP contribution in [0.3, 0.4) is 0 Å². The van der Waals surface area contributed by atoms with Crippen LogP contribution in [0.2, 0.25) is 0 Å². The van der Waals surface area contributed by atoms with E-state index in [1.165, 1.54) is 11.1 Å². The maximum Gasteiger partial charge on any atom is 0.0451 e. The maximum absolute atomic E-state index is 4.42. The Morgan fingerprint density at radius 2 is 2.06 bits per heavy atom. The molecule has 1 aromatic carbocycles. The average molecular weight is 355 g/mol. The number of halogens is 2. The second-order valence-corrected chi connectivity index (χ2v) is 6.01. The lowest BCUT2D eigenvalue weighted by Crippen LogP contribution is -1.99. The fraction of sp³-hybridized carbons (Fsp3) is 0.214. The second kappa shape index (κ2) is 5.78. The van der Waals surface area contributed by atoms with E-state index in [0.29, 0.717) is 4.83 Å². The molecule has 2 aromatic rings. The highest BCUT2D eigenvalue weighted by atomic mass is 79.9. The summed E-state index contributed by atoms with van der Waals surface area (Å²) < 4.78 is 1.11. The summed E-state index contributed by atoms with van der Waals surface area (Å²) in [6, 6.07) is 12.4. The van der Waals surface area contributed by atoms with Gasteiger partial charge in [-0.05, 0) is 36.2 Å². The fourth-order valence-corrected chi connectivity index (χ4v) is 2.73. The molecule has 1 atom stereocenters. The zero-order chi connectivity index (χ0) is 12.3. The number of benzene rings is 1. The van der Waals surface area contributed by atoms with Gasteiger partial charge in [-0.2, -0.15) is 0 Å². The third-order valence-electron chi connectivity index (χ3n) is 2.70. The van der Waals surface area contributed by atoms with E-state index in [9.17, 15) is 0 Å². The molecule has 0 saturated carbocycles. The maximum atomic E-state index is 4.42. The molecule has 1 unspecified atom stereocenters. The van der Waals surface area contributed by atoms with Crippen LogP contribution in [-0.2, 0) is 6.42 Å². The number of aromatic nitrogens is 1. The highest BCUT2D eigenvalue weighted by Crippen LogP contribution is 2.28. The lowest BCUT2D eigenvalue weighted by molar-refractivity contribution is 0.891. The molecule has 0 aliphatic heterocycles. The molecule has 0 aliphatic carbocycles. The SMILES string of the molecule is Cc1cccnc1CC(Br)c1cccc(Br)c1. The monoisotopic (exact) mass is 353 g/mol. The Bertz CT molecular complexity index is 511. The van der Waals surface area contributed by atoms with E-state index < -0.39 is 0 Å². The minimum Gasteiger partial charge on any atom is -0.261 e. The quantitative estimate of drug-likeness (QED) is 0.719. The summed E-state index contributed by atoms with van der Waals surface area (Å²) in [7, 11) is 0. The van der Waals surface area contributed by atoms with Gasteiger partial charge in [0.15, 0.2) is 0 Å². The first-order valence-corrected chi connectivity index (χ1v) is 7.17. The van der Waals surface area contributed by atoms with Crippen LogP contribution in [0.1, 0.15) is 21.6 Å². The summed E-state index contributed by atoms with van der Waals surface area (Å²) in [6.07, 6.45) is 2.76. The molecule has 3 heteroatoms. The predicted octanol–water partition coefficient (Wildman–Crippen LogP) is 4.83. The molecule has 17 heavy (non-hydrogen) atoms.